The van der Waals surface area contributed by atoms with Crippen LogP contribution in [0.4, 0.5) is 4.79 Å². The van der Waals surface area contributed by atoms with Crippen LogP contribution in [0.1, 0.15) is 6.42 Å². The SMILES string of the molecule is CN1CCOC(CNC(=O)NC2CCOC2)C1. The number of likely N-dealkylation sites (N-methyl/N-ethyl adjacent to an activating group) is 1. The molecule has 0 saturated carbocycles. The van der Waals surface area contributed by atoms with Crippen molar-refractivity contribution < 1.29 is 14.3 Å². The molecule has 2 fully saturated rings. The van der Waals surface area contributed by atoms with Crippen molar-refractivity contribution >= 4 is 6.03 Å². The van der Waals surface area contributed by atoms with E-state index < -0.39 is 0 Å². The molecule has 0 aliphatic carbocycles. The van der Waals surface area contributed by atoms with Crippen LogP contribution in [0.5, 0.6) is 0 Å². The third kappa shape index (κ3) is 4.14. The first-order valence-electron chi connectivity index (χ1n) is 6.16. The molecule has 2 saturated heterocycles. The van der Waals surface area contributed by atoms with Gasteiger partial charge >= 0.3 is 6.03 Å². The number of nitrogens with zero attached hydrogens (tertiary/aromatic N) is 1. The first-order chi connectivity index (χ1) is 8.24. The van der Waals surface area contributed by atoms with Crippen LogP contribution in [0.2, 0.25) is 0 Å². The molecular weight excluding hydrogens is 222 g/mol. The van der Waals surface area contributed by atoms with Gasteiger partial charge < -0.3 is 25.0 Å². The summed E-state index contributed by atoms with van der Waals surface area (Å²) in [7, 11) is 2.06. The lowest BCUT2D eigenvalue weighted by Gasteiger charge is -2.30. The second-order valence-electron chi connectivity index (χ2n) is 4.67. The fraction of sp³-hybridized carbons (Fsp3) is 0.909. The minimum atomic E-state index is -0.127. The van der Waals surface area contributed by atoms with E-state index in [0.29, 0.717) is 13.2 Å². The summed E-state index contributed by atoms with van der Waals surface area (Å²) in [5.74, 6) is 0. The Balaban J connectivity index is 1.61. The van der Waals surface area contributed by atoms with Crippen LogP contribution in [-0.2, 0) is 9.47 Å². The number of urea groups is 1. The van der Waals surface area contributed by atoms with Crippen molar-refractivity contribution in [3.63, 3.8) is 0 Å². The third-order valence-electron chi connectivity index (χ3n) is 3.10. The molecule has 2 N–H and O–H groups in total. The Morgan fingerprint density at radius 1 is 1.47 bits per heavy atom. The zero-order valence-corrected chi connectivity index (χ0v) is 10.3. The lowest BCUT2D eigenvalue weighted by Crippen LogP contribution is -2.49. The summed E-state index contributed by atoms with van der Waals surface area (Å²) < 4.78 is 10.8. The molecule has 0 aromatic carbocycles. The second kappa shape index (κ2) is 6.18. The molecule has 0 aromatic heterocycles. The topological polar surface area (TPSA) is 62.8 Å². The van der Waals surface area contributed by atoms with Gasteiger partial charge in [0, 0.05) is 26.2 Å². The molecule has 17 heavy (non-hydrogen) atoms. The van der Waals surface area contributed by atoms with E-state index in [2.05, 4.69) is 22.6 Å². The summed E-state index contributed by atoms with van der Waals surface area (Å²) in [5.41, 5.74) is 0. The molecule has 2 aliphatic heterocycles. The smallest absolute Gasteiger partial charge is 0.315 e. The molecule has 2 unspecified atom stereocenters. The minimum Gasteiger partial charge on any atom is -0.379 e. The second-order valence-corrected chi connectivity index (χ2v) is 4.67. The summed E-state index contributed by atoms with van der Waals surface area (Å²) in [4.78, 5) is 13.8. The van der Waals surface area contributed by atoms with Crippen molar-refractivity contribution in [3.8, 4) is 0 Å². The molecule has 2 rings (SSSR count). The van der Waals surface area contributed by atoms with Gasteiger partial charge in [0.1, 0.15) is 0 Å². The molecule has 6 nitrogen and oxygen atoms in total. The Hall–Kier alpha value is -0.850. The Bertz CT molecular complexity index is 256. The summed E-state index contributed by atoms with van der Waals surface area (Å²) in [6.07, 6.45) is 0.995. The Kier molecular flexibility index (Phi) is 4.58. The molecule has 2 atom stereocenters. The van der Waals surface area contributed by atoms with E-state index in [1.165, 1.54) is 0 Å². The maximum Gasteiger partial charge on any atom is 0.315 e. The lowest BCUT2D eigenvalue weighted by atomic mass is 10.2. The van der Waals surface area contributed by atoms with Gasteiger partial charge in [0.2, 0.25) is 0 Å². The first-order valence-corrected chi connectivity index (χ1v) is 6.16. The van der Waals surface area contributed by atoms with E-state index in [4.69, 9.17) is 9.47 Å². The molecule has 98 valence electrons. The highest BCUT2D eigenvalue weighted by atomic mass is 16.5. The van der Waals surface area contributed by atoms with Crippen molar-refractivity contribution in [2.45, 2.75) is 18.6 Å². The quantitative estimate of drug-likeness (QED) is 0.695. The largest absolute Gasteiger partial charge is 0.379 e. The van der Waals surface area contributed by atoms with Crippen molar-refractivity contribution in [2.24, 2.45) is 0 Å². The summed E-state index contributed by atoms with van der Waals surface area (Å²) in [6.45, 7) is 4.48. The molecule has 0 bridgehead atoms. The van der Waals surface area contributed by atoms with E-state index in [9.17, 15) is 4.79 Å². The number of carbonyl (C=O) groups is 1. The van der Waals surface area contributed by atoms with Crippen LogP contribution >= 0.6 is 0 Å². The molecule has 6 heteroatoms. The number of rotatable bonds is 3. The zero-order chi connectivity index (χ0) is 12.1. The monoisotopic (exact) mass is 243 g/mol. The highest BCUT2D eigenvalue weighted by Crippen LogP contribution is 2.03. The number of morpholine rings is 1. The summed E-state index contributed by atoms with van der Waals surface area (Å²) in [5, 5.41) is 5.73. The fourth-order valence-electron chi connectivity index (χ4n) is 2.08. The molecule has 2 heterocycles. The highest BCUT2D eigenvalue weighted by molar-refractivity contribution is 5.74. The molecule has 2 aliphatic rings. The first kappa shape index (κ1) is 12.6. The Labute approximate surface area is 102 Å². The number of amides is 2. The normalized spacial score (nSPS) is 30.2. The number of hydrogen-bond donors (Lipinski definition) is 2. The van der Waals surface area contributed by atoms with Crippen LogP contribution < -0.4 is 10.6 Å². The minimum absolute atomic E-state index is 0.0966. The van der Waals surface area contributed by atoms with Crippen molar-refractivity contribution in [1.82, 2.24) is 15.5 Å². The van der Waals surface area contributed by atoms with Crippen molar-refractivity contribution in [2.75, 3.05) is 46.5 Å². The predicted octanol–water partition coefficient (Wildman–Crippen LogP) is -0.595. The maximum atomic E-state index is 11.6. The van der Waals surface area contributed by atoms with Crippen molar-refractivity contribution in [3.05, 3.63) is 0 Å². The van der Waals surface area contributed by atoms with Gasteiger partial charge in [0.25, 0.3) is 0 Å². The third-order valence-corrected chi connectivity index (χ3v) is 3.10. The van der Waals surface area contributed by atoms with Gasteiger partial charge in [0.05, 0.1) is 25.4 Å². The van der Waals surface area contributed by atoms with Crippen LogP contribution in [0.3, 0.4) is 0 Å². The van der Waals surface area contributed by atoms with Gasteiger partial charge in [-0.15, -0.1) is 0 Å². The van der Waals surface area contributed by atoms with E-state index >= 15 is 0 Å². The standard InChI is InChI=1S/C11H21N3O3/c1-14-3-5-17-10(7-14)6-12-11(15)13-9-2-4-16-8-9/h9-10H,2-8H2,1H3,(H2,12,13,15). The van der Waals surface area contributed by atoms with Crippen molar-refractivity contribution in [1.29, 1.82) is 0 Å². The Morgan fingerprint density at radius 2 is 2.35 bits per heavy atom. The zero-order valence-electron chi connectivity index (χ0n) is 10.3. The maximum absolute atomic E-state index is 11.6. The van der Waals surface area contributed by atoms with Gasteiger partial charge in [-0.25, -0.2) is 4.79 Å². The summed E-state index contributed by atoms with van der Waals surface area (Å²) >= 11 is 0. The number of nitrogens with one attached hydrogen (secondary N) is 2. The fourth-order valence-corrected chi connectivity index (χ4v) is 2.08. The van der Waals surface area contributed by atoms with E-state index in [1.54, 1.807) is 0 Å². The summed E-state index contributed by atoms with van der Waals surface area (Å²) in [6, 6.07) is 0.0299. The van der Waals surface area contributed by atoms with Gasteiger partial charge in [-0.1, -0.05) is 0 Å². The molecule has 0 aromatic rings. The van der Waals surface area contributed by atoms with E-state index in [-0.39, 0.29) is 18.2 Å². The number of carbonyl (C=O) groups excluding carboxylic acids is 1. The van der Waals surface area contributed by atoms with Crippen LogP contribution in [-0.4, -0.2) is 69.6 Å². The van der Waals surface area contributed by atoms with Gasteiger partial charge in [0.15, 0.2) is 0 Å². The van der Waals surface area contributed by atoms with E-state index in [1.807, 2.05) is 0 Å². The van der Waals surface area contributed by atoms with Crippen LogP contribution in [0.15, 0.2) is 0 Å². The lowest BCUT2D eigenvalue weighted by molar-refractivity contribution is -0.0168. The van der Waals surface area contributed by atoms with E-state index in [0.717, 1.165) is 32.7 Å². The van der Waals surface area contributed by atoms with Crippen LogP contribution in [0, 0.1) is 0 Å². The highest BCUT2D eigenvalue weighted by Gasteiger charge is 2.20. The average Bonchev–Trinajstić information content (AvgIpc) is 2.79. The Morgan fingerprint density at radius 3 is 3.06 bits per heavy atom. The van der Waals surface area contributed by atoms with Gasteiger partial charge in [-0.3, -0.25) is 0 Å². The number of hydrogen-bond acceptors (Lipinski definition) is 4. The average molecular weight is 243 g/mol. The number of ether oxygens (including phenoxy) is 2. The molecule has 2 amide bonds. The molecule has 0 radical (unpaired) electrons. The van der Waals surface area contributed by atoms with Crippen LogP contribution in [0.25, 0.3) is 0 Å². The van der Waals surface area contributed by atoms with Gasteiger partial charge in [-0.05, 0) is 13.5 Å². The predicted molar refractivity (Wildman–Crippen MR) is 63.0 cm³/mol. The van der Waals surface area contributed by atoms with Gasteiger partial charge in [-0.2, -0.15) is 0 Å². The molecular formula is C11H21N3O3. The molecule has 0 spiro atoms.